The van der Waals surface area contributed by atoms with Crippen LogP contribution in [0.3, 0.4) is 0 Å². The Morgan fingerprint density at radius 3 is 2.25 bits per heavy atom. The van der Waals surface area contributed by atoms with Crippen LogP contribution in [0.2, 0.25) is 5.15 Å². The number of piperidine rings is 1. The van der Waals surface area contributed by atoms with Crippen LogP contribution in [0.4, 0.5) is 0 Å². The summed E-state index contributed by atoms with van der Waals surface area (Å²) in [6.45, 7) is 4.45. The number of unbranched alkanes of at least 4 members (excludes halogenated alkanes) is 1. The number of H-pyrrole nitrogens is 1. The number of ether oxygens (including phenoxy) is 2. The summed E-state index contributed by atoms with van der Waals surface area (Å²) in [4.78, 5) is 72.4. The zero-order valence-electron chi connectivity index (χ0n) is 31.0. The number of nitrogens with one attached hydrogen (secondary N) is 5. The number of imidazole rings is 1. The number of aliphatic hydroxyl groups is 1. The molecule has 3 aliphatic rings. The maximum atomic E-state index is 14.5. The van der Waals surface area contributed by atoms with E-state index in [0.717, 1.165) is 36.3 Å². The first-order valence-electron chi connectivity index (χ1n) is 18.3. The Hall–Kier alpha value is -5.19. The van der Waals surface area contributed by atoms with Gasteiger partial charge in [0, 0.05) is 45.3 Å². The predicted molar refractivity (Wildman–Crippen MR) is 202 cm³/mol. The molecule has 17 heteroatoms. The van der Waals surface area contributed by atoms with E-state index in [1.54, 1.807) is 24.3 Å². The topological polar surface area (TPSA) is 224 Å². The normalized spacial score (nSPS) is 21.1. The van der Waals surface area contributed by atoms with Crippen LogP contribution in [0.1, 0.15) is 56.6 Å². The number of aromatic amines is 1. The number of hydrogen-bond donors (Lipinski definition) is 7. The van der Waals surface area contributed by atoms with Crippen molar-refractivity contribution in [2.75, 3.05) is 32.8 Å². The van der Waals surface area contributed by atoms with E-state index in [1.165, 1.54) is 6.92 Å². The monoisotopic (exact) mass is 783 g/mol. The quantitative estimate of drug-likeness (QED) is 0.129. The standard InChI is InChI=1S/C37H48ClN7O7.CH2O2/c1-3-4-10-31-41-29(32(38)44-31)22-45-18-15-37(16-19-45)36(50)43-28(21-25-8-6-5-7-9-25)34(48)42-30(23-46)35(49)40-24(2)33(47)39-17-20-51-26-11-13-27(52-37)14-12-26;2-1-3/h5-9,11-14,24,28,30,46H,3-4,10,15-23H2,1-2H3,(H,39,47)(H,40,49)(H,41,44)(H,42,48)(H,43,50);1H,(H,2,3)/t24-,28+,30-;/m0./s1. The molecule has 1 fully saturated rings. The second kappa shape index (κ2) is 21.0. The summed E-state index contributed by atoms with van der Waals surface area (Å²) in [7, 11) is 0. The molecule has 4 heterocycles. The summed E-state index contributed by atoms with van der Waals surface area (Å²) < 4.78 is 12.3. The van der Waals surface area contributed by atoms with Crippen LogP contribution < -0.4 is 30.7 Å². The lowest BCUT2D eigenvalue weighted by molar-refractivity contribution is -0.144. The van der Waals surface area contributed by atoms with Crippen LogP contribution in [0.25, 0.3) is 0 Å². The lowest BCUT2D eigenvalue weighted by Gasteiger charge is -2.41. The van der Waals surface area contributed by atoms with Crippen molar-refractivity contribution in [1.29, 1.82) is 0 Å². The second-order valence-corrected chi connectivity index (χ2v) is 13.7. The minimum Gasteiger partial charge on any atom is -0.492 e. The number of aromatic nitrogens is 2. The SMILES string of the molecule is CCCCc1nc(Cl)c(CN2CCC3(CC2)Oc2ccc(cc2)OCCNC(=O)[C@H](C)NC(=O)[C@H](CO)NC(=O)[C@@H](Cc2ccccc2)NC3=O)[nH]1.O=CO. The fraction of sp³-hybridized carbons (Fsp3) is 0.474. The number of halogens is 1. The van der Waals surface area contributed by atoms with Crippen LogP contribution in [0.15, 0.2) is 54.6 Å². The third kappa shape index (κ3) is 12.4. The molecule has 2 bridgehead atoms. The highest BCUT2D eigenvalue weighted by Gasteiger charge is 2.45. The number of carboxylic acid groups (broad SMARTS) is 1. The van der Waals surface area contributed by atoms with Gasteiger partial charge in [0.15, 0.2) is 10.8 Å². The molecule has 3 atom stereocenters. The average Bonchev–Trinajstić information content (AvgIpc) is 3.53. The van der Waals surface area contributed by atoms with Gasteiger partial charge in [0.25, 0.3) is 12.4 Å². The van der Waals surface area contributed by atoms with Crippen LogP contribution in [-0.4, -0.2) is 112 Å². The van der Waals surface area contributed by atoms with Crippen LogP contribution in [0.5, 0.6) is 11.5 Å². The minimum atomic E-state index is -1.38. The van der Waals surface area contributed by atoms with Crippen molar-refractivity contribution in [3.05, 3.63) is 76.8 Å². The summed E-state index contributed by atoms with van der Waals surface area (Å²) in [6.07, 6.45) is 3.56. The van der Waals surface area contributed by atoms with Gasteiger partial charge in [-0.2, -0.15) is 0 Å². The van der Waals surface area contributed by atoms with Gasteiger partial charge in [0.1, 0.15) is 42.1 Å². The fourth-order valence-corrected chi connectivity index (χ4v) is 6.41. The molecule has 0 radical (unpaired) electrons. The van der Waals surface area contributed by atoms with E-state index >= 15 is 0 Å². The maximum Gasteiger partial charge on any atom is 0.290 e. The number of amides is 4. The molecule has 298 valence electrons. The minimum absolute atomic E-state index is 0.101. The first-order valence-corrected chi connectivity index (χ1v) is 18.7. The van der Waals surface area contributed by atoms with Crippen LogP contribution >= 0.6 is 11.6 Å². The van der Waals surface area contributed by atoms with Gasteiger partial charge >= 0.3 is 0 Å². The largest absolute Gasteiger partial charge is 0.492 e. The van der Waals surface area contributed by atoms with Crippen molar-refractivity contribution in [1.82, 2.24) is 36.1 Å². The van der Waals surface area contributed by atoms with Crippen molar-refractivity contribution >= 4 is 41.7 Å². The number of rotatable bonds is 8. The molecule has 6 rings (SSSR count). The Morgan fingerprint density at radius 1 is 0.945 bits per heavy atom. The highest BCUT2D eigenvalue weighted by atomic mass is 35.5. The molecule has 0 aliphatic carbocycles. The molecule has 1 aromatic heterocycles. The fourth-order valence-electron chi connectivity index (χ4n) is 6.20. The molecular weight excluding hydrogens is 734 g/mol. The number of benzene rings is 2. The molecule has 0 saturated carbocycles. The molecule has 0 unspecified atom stereocenters. The van der Waals surface area contributed by atoms with Crippen molar-refractivity contribution in [2.45, 2.75) is 82.6 Å². The molecule has 3 aliphatic heterocycles. The number of fused-ring (bicyclic) bond motifs is 15. The molecule has 1 saturated heterocycles. The van der Waals surface area contributed by atoms with Crippen molar-refractivity contribution in [3.63, 3.8) is 0 Å². The Kier molecular flexibility index (Phi) is 16.3. The molecule has 55 heavy (non-hydrogen) atoms. The van der Waals surface area contributed by atoms with E-state index in [1.807, 2.05) is 30.3 Å². The van der Waals surface area contributed by atoms with Crippen molar-refractivity contribution in [2.24, 2.45) is 0 Å². The number of carbonyl (C=O) groups is 5. The number of likely N-dealkylation sites (tertiary alicyclic amines) is 1. The van der Waals surface area contributed by atoms with Crippen LogP contribution in [-0.2, 0) is 43.4 Å². The van der Waals surface area contributed by atoms with Crippen LogP contribution in [0, 0.1) is 0 Å². The summed E-state index contributed by atoms with van der Waals surface area (Å²) in [6, 6.07) is 12.5. The molecule has 16 nitrogen and oxygen atoms in total. The first-order chi connectivity index (χ1) is 26.5. The predicted octanol–water partition coefficient (Wildman–Crippen LogP) is 1.74. The van der Waals surface area contributed by atoms with E-state index in [2.05, 4.69) is 43.1 Å². The molecule has 2 aromatic carbocycles. The molecule has 4 amide bonds. The van der Waals surface area contributed by atoms with Gasteiger partial charge < -0.3 is 45.9 Å². The summed E-state index contributed by atoms with van der Waals surface area (Å²) in [5.74, 6) is -0.571. The zero-order valence-corrected chi connectivity index (χ0v) is 31.8. The van der Waals surface area contributed by atoms with Gasteiger partial charge in [-0.3, -0.25) is 28.9 Å². The van der Waals surface area contributed by atoms with Gasteiger partial charge in [0.2, 0.25) is 17.7 Å². The van der Waals surface area contributed by atoms with Gasteiger partial charge in [-0.1, -0.05) is 55.3 Å². The Labute approximate surface area is 324 Å². The summed E-state index contributed by atoms with van der Waals surface area (Å²) >= 11 is 6.49. The highest BCUT2D eigenvalue weighted by Crippen LogP contribution is 2.32. The molecule has 3 aromatic rings. The highest BCUT2D eigenvalue weighted by molar-refractivity contribution is 6.30. The van der Waals surface area contributed by atoms with Gasteiger partial charge in [-0.05, 0) is 43.2 Å². The molecular formula is C38H50ClN7O9. The van der Waals surface area contributed by atoms with E-state index < -0.39 is 54.0 Å². The number of carbonyl (C=O) groups excluding carboxylic acids is 4. The van der Waals surface area contributed by atoms with Crippen molar-refractivity contribution < 1.29 is 43.7 Å². The Balaban J connectivity index is 0.00000217. The number of aliphatic hydroxyl groups excluding tert-OH is 1. The first kappa shape index (κ1) is 42.6. The van der Waals surface area contributed by atoms with Gasteiger partial charge in [-0.25, -0.2) is 4.98 Å². The van der Waals surface area contributed by atoms with E-state index in [0.29, 0.717) is 49.1 Å². The third-order valence-corrected chi connectivity index (χ3v) is 9.60. The van der Waals surface area contributed by atoms with Crippen molar-refractivity contribution in [3.8, 4) is 11.5 Å². The van der Waals surface area contributed by atoms with Gasteiger partial charge in [-0.15, -0.1) is 0 Å². The average molecular weight is 784 g/mol. The Morgan fingerprint density at radius 2 is 1.60 bits per heavy atom. The lowest BCUT2D eigenvalue weighted by Crippen LogP contribution is -2.62. The molecule has 1 spiro atoms. The Bertz CT molecular complexity index is 1720. The third-order valence-electron chi connectivity index (χ3n) is 9.28. The van der Waals surface area contributed by atoms with E-state index in [4.69, 9.17) is 31.0 Å². The maximum absolute atomic E-state index is 14.5. The van der Waals surface area contributed by atoms with E-state index in [-0.39, 0.29) is 26.0 Å². The van der Waals surface area contributed by atoms with E-state index in [9.17, 15) is 24.3 Å². The summed E-state index contributed by atoms with van der Waals surface area (Å²) in [5.41, 5.74) is 0.228. The zero-order chi connectivity index (χ0) is 39.8. The lowest BCUT2D eigenvalue weighted by atomic mass is 9.89. The second-order valence-electron chi connectivity index (χ2n) is 13.3. The molecule has 7 N–H and O–H groups in total. The number of hydrogen-bond acceptors (Lipinski definition) is 10. The number of aryl methyl sites for hydroxylation is 1. The summed E-state index contributed by atoms with van der Waals surface area (Å²) in [5, 5.41) is 28.1. The number of nitrogens with zero attached hydrogens (tertiary/aromatic N) is 2. The smallest absolute Gasteiger partial charge is 0.290 e. The van der Waals surface area contributed by atoms with Gasteiger partial charge in [0.05, 0.1) is 18.8 Å².